The van der Waals surface area contributed by atoms with Gasteiger partial charge in [0.25, 0.3) is 5.91 Å². The van der Waals surface area contributed by atoms with Crippen LogP contribution < -0.4 is 21.5 Å². The highest BCUT2D eigenvalue weighted by Gasteiger charge is 2.22. The van der Waals surface area contributed by atoms with Crippen molar-refractivity contribution in [2.24, 2.45) is 11.5 Å². The number of fused-ring (bicyclic) bond motifs is 1. The van der Waals surface area contributed by atoms with Crippen LogP contribution in [0.5, 0.6) is 5.75 Å². The lowest BCUT2D eigenvalue weighted by Crippen LogP contribution is -2.42. The number of nitrogens with one attached hydrogen (secondary N) is 2. The summed E-state index contributed by atoms with van der Waals surface area (Å²) in [4.78, 5) is 35.3. The summed E-state index contributed by atoms with van der Waals surface area (Å²) in [5.74, 6) is -2.01. The molecule has 6 N–H and O–H groups in total. The molecule has 1 heterocycles. The van der Waals surface area contributed by atoms with Gasteiger partial charge in [-0.2, -0.15) is 5.10 Å². The van der Waals surface area contributed by atoms with E-state index in [4.69, 9.17) is 16.2 Å². The molecule has 166 valence electrons. The van der Waals surface area contributed by atoms with E-state index in [-0.39, 0.29) is 30.2 Å². The number of amides is 3. The van der Waals surface area contributed by atoms with Crippen LogP contribution in [0.25, 0.3) is 23.1 Å². The average Bonchev–Trinajstić information content (AvgIpc) is 3.16. The van der Waals surface area contributed by atoms with Gasteiger partial charge in [0.2, 0.25) is 11.8 Å². The molecular weight excluding hydrogens is 417 g/mol. The fourth-order valence-electron chi connectivity index (χ4n) is 2.90. The van der Waals surface area contributed by atoms with Gasteiger partial charge in [-0.15, -0.1) is 0 Å². The first-order chi connectivity index (χ1) is 15.3. The number of carbonyl (C=O) groups excluding carboxylic acids is 3. The van der Waals surface area contributed by atoms with Crippen LogP contribution in [0.3, 0.4) is 0 Å². The van der Waals surface area contributed by atoms with Crippen molar-refractivity contribution in [3.63, 3.8) is 0 Å². The third-order valence-electron chi connectivity index (χ3n) is 4.63. The van der Waals surface area contributed by atoms with E-state index in [1.54, 1.807) is 30.4 Å². The van der Waals surface area contributed by atoms with Gasteiger partial charge >= 0.3 is 0 Å². The zero-order valence-electron chi connectivity index (χ0n) is 17.2. The summed E-state index contributed by atoms with van der Waals surface area (Å²) in [5, 5.41) is 10.1. The molecule has 0 saturated heterocycles. The van der Waals surface area contributed by atoms with Crippen molar-refractivity contribution in [3.05, 3.63) is 59.0 Å². The number of rotatable bonds is 9. The molecule has 3 aromatic rings. The highest BCUT2D eigenvalue weighted by atomic mass is 19.1. The normalized spacial score (nSPS) is 12.1. The second-order valence-electron chi connectivity index (χ2n) is 7.02. The Morgan fingerprint density at radius 2 is 1.88 bits per heavy atom. The quantitative estimate of drug-likeness (QED) is 0.400. The molecule has 3 rings (SSSR count). The van der Waals surface area contributed by atoms with Gasteiger partial charge in [0.1, 0.15) is 17.6 Å². The predicted molar refractivity (Wildman–Crippen MR) is 117 cm³/mol. The lowest BCUT2D eigenvalue weighted by atomic mass is 10.1. The van der Waals surface area contributed by atoms with E-state index in [0.29, 0.717) is 16.6 Å². The van der Waals surface area contributed by atoms with Gasteiger partial charge in [0, 0.05) is 0 Å². The lowest BCUT2D eigenvalue weighted by molar-refractivity contribution is -0.119. The van der Waals surface area contributed by atoms with Gasteiger partial charge in [0.15, 0.2) is 0 Å². The minimum absolute atomic E-state index is 0.0618. The number of nitrogens with two attached hydrogens (primary N) is 2. The molecular formula is C22H22FN5O4. The number of hydrogen-bond acceptors (Lipinski definition) is 5. The van der Waals surface area contributed by atoms with Crippen molar-refractivity contribution in [2.75, 3.05) is 6.61 Å². The predicted octanol–water partition coefficient (Wildman–Crippen LogP) is 1.73. The maximum absolute atomic E-state index is 13.1. The Morgan fingerprint density at radius 1 is 1.16 bits per heavy atom. The zero-order valence-corrected chi connectivity index (χ0v) is 17.2. The molecule has 0 radical (unpaired) electrons. The van der Waals surface area contributed by atoms with Crippen molar-refractivity contribution in [2.45, 2.75) is 19.4 Å². The van der Waals surface area contributed by atoms with E-state index in [1.807, 2.05) is 0 Å². The van der Waals surface area contributed by atoms with Crippen LogP contribution in [-0.4, -0.2) is 40.6 Å². The number of carbonyl (C=O) groups is 3. The van der Waals surface area contributed by atoms with Crippen LogP contribution in [0.15, 0.2) is 36.4 Å². The van der Waals surface area contributed by atoms with Gasteiger partial charge in [-0.05, 0) is 42.8 Å². The van der Waals surface area contributed by atoms with Crippen molar-refractivity contribution in [1.82, 2.24) is 15.5 Å². The van der Waals surface area contributed by atoms with Gasteiger partial charge in [-0.3, -0.25) is 19.5 Å². The molecule has 0 bridgehead atoms. The van der Waals surface area contributed by atoms with E-state index in [9.17, 15) is 18.8 Å². The third-order valence-corrected chi connectivity index (χ3v) is 4.63. The fourth-order valence-corrected chi connectivity index (χ4v) is 2.90. The largest absolute Gasteiger partial charge is 0.491 e. The Kier molecular flexibility index (Phi) is 6.83. The van der Waals surface area contributed by atoms with Crippen LogP contribution in [0.1, 0.15) is 35.0 Å². The number of aromatic amines is 1. The standard InChI is InChI=1S/C22H22FN5O4/c1-12(21(25)30)26-22(31)15-7-9-17-19(20(15)32-11-10-18(24)29)16(27-28-17)8-4-13-2-5-14(23)6-3-13/h2-9,12H,10-11H2,1H3,(H2,24,29)(H2,25,30)(H,26,31)(H,27,28)/b8-4+/t12-/m0/s1. The molecule has 0 aliphatic heterocycles. The lowest BCUT2D eigenvalue weighted by Gasteiger charge is -2.15. The van der Waals surface area contributed by atoms with E-state index < -0.39 is 23.8 Å². The minimum atomic E-state index is -0.904. The Labute approximate surface area is 182 Å². The molecule has 0 aliphatic rings. The van der Waals surface area contributed by atoms with Crippen LogP contribution in [0, 0.1) is 5.82 Å². The molecule has 0 aliphatic carbocycles. The highest BCUT2D eigenvalue weighted by Crippen LogP contribution is 2.33. The molecule has 9 nitrogen and oxygen atoms in total. The van der Waals surface area contributed by atoms with Gasteiger partial charge in [-0.25, -0.2) is 4.39 Å². The molecule has 32 heavy (non-hydrogen) atoms. The van der Waals surface area contributed by atoms with Gasteiger partial charge in [-0.1, -0.05) is 18.2 Å². The second kappa shape index (κ2) is 9.73. The monoisotopic (exact) mass is 439 g/mol. The first-order valence-corrected chi connectivity index (χ1v) is 9.72. The van der Waals surface area contributed by atoms with Gasteiger partial charge in [0.05, 0.1) is 35.2 Å². The Balaban J connectivity index is 2.03. The summed E-state index contributed by atoms with van der Waals surface area (Å²) in [6.07, 6.45) is 3.35. The third kappa shape index (κ3) is 5.28. The first kappa shape index (κ1) is 22.5. The van der Waals surface area contributed by atoms with E-state index in [1.165, 1.54) is 25.1 Å². The fraction of sp³-hybridized carbons (Fsp3) is 0.182. The number of hydrogen-bond donors (Lipinski definition) is 4. The van der Waals surface area contributed by atoms with Gasteiger partial charge < -0.3 is 21.5 Å². The highest BCUT2D eigenvalue weighted by molar-refractivity contribution is 6.06. The summed E-state index contributed by atoms with van der Waals surface area (Å²) in [7, 11) is 0. The summed E-state index contributed by atoms with van der Waals surface area (Å²) in [5.41, 5.74) is 12.3. The van der Waals surface area contributed by atoms with Crippen molar-refractivity contribution < 1.29 is 23.5 Å². The minimum Gasteiger partial charge on any atom is -0.491 e. The molecule has 1 aromatic heterocycles. The zero-order chi connectivity index (χ0) is 23.3. The maximum atomic E-state index is 13.1. The smallest absolute Gasteiger partial charge is 0.255 e. The molecule has 0 spiro atoms. The van der Waals surface area contributed by atoms with Crippen molar-refractivity contribution >= 4 is 40.8 Å². The van der Waals surface area contributed by atoms with Crippen LogP contribution in [0.2, 0.25) is 0 Å². The Morgan fingerprint density at radius 3 is 2.53 bits per heavy atom. The topological polar surface area (TPSA) is 153 Å². The van der Waals surface area contributed by atoms with Crippen LogP contribution >= 0.6 is 0 Å². The molecule has 0 saturated carbocycles. The SMILES string of the molecule is C[C@H](NC(=O)c1ccc2[nH]nc(/C=C/c3ccc(F)cc3)c2c1OCCC(N)=O)C(N)=O. The Bertz CT molecular complexity index is 1190. The van der Waals surface area contributed by atoms with Crippen LogP contribution in [-0.2, 0) is 9.59 Å². The summed E-state index contributed by atoms with van der Waals surface area (Å²) < 4.78 is 18.9. The number of ether oxygens (including phenoxy) is 1. The summed E-state index contributed by atoms with van der Waals surface area (Å²) in [6, 6.07) is 8.13. The number of H-pyrrole nitrogens is 1. The summed E-state index contributed by atoms with van der Waals surface area (Å²) >= 11 is 0. The van der Waals surface area contributed by atoms with E-state index >= 15 is 0 Å². The van der Waals surface area contributed by atoms with E-state index in [2.05, 4.69) is 15.5 Å². The number of aromatic nitrogens is 2. The van der Waals surface area contributed by atoms with E-state index in [0.717, 1.165) is 5.56 Å². The molecule has 0 fully saturated rings. The second-order valence-corrected chi connectivity index (χ2v) is 7.02. The molecule has 3 amide bonds. The number of halogens is 1. The number of primary amides is 2. The Hall–Kier alpha value is -4.21. The van der Waals surface area contributed by atoms with Crippen molar-refractivity contribution in [1.29, 1.82) is 0 Å². The maximum Gasteiger partial charge on any atom is 0.255 e. The number of nitrogens with zero attached hydrogens (tertiary/aromatic N) is 1. The van der Waals surface area contributed by atoms with Crippen LogP contribution in [0.4, 0.5) is 4.39 Å². The molecule has 2 aromatic carbocycles. The molecule has 0 unspecified atom stereocenters. The molecule has 10 heteroatoms. The summed E-state index contributed by atoms with van der Waals surface area (Å²) in [6.45, 7) is 1.40. The number of benzene rings is 2. The first-order valence-electron chi connectivity index (χ1n) is 9.72. The van der Waals surface area contributed by atoms with Crippen molar-refractivity contribution in [3.8, 4) is 5.75 Å². The average molecular weight is 439 g/mol. The molecule has 1 atom stereocenters.